The Kier molecular flexibility index (Phi) is 2.83. The summed E-state index contributed by atoms with van der Waals surface area (Å²) in [6, 6.07) is 0. The largest absolute Gasteiger partial charge is 0.296 e. The predicted octanol–water partition coefficient (Wildman–Crippen LogP) is 2.50. The Morgan fingerprint density at radius 1 is 1.24 bits per heavy atom. The fraction of sp³-hybridized carbons (Fsp3) is 0.857. The summed E-state index contributed by atoms with van der Waals surface area (Å²) in [5.41, 5.74) is -0.0179. The minimum atomic E-state index is -0.111. The molecule has 3 nitrogen and oxygen atoms in total. The highest BCUT2D eigenvalue weighted by molar-refractivity contribution is 6.00. The molecule has 2 unspecified atom stereocenters. The second-order valence-corrected chi connectivity index (χ2v) is 6.70. The average molecular weight is 237 g/mol. The molecule has 0 aromatic heterocycles. The van der Waals surface area contributed by atoms with Crippen molar-refractivity contribution < 1.29 is 9.59 Å². The lowest BCUT2D eigenvalue weighted by atomic mass is 9.55. The number of hydrogen-bond acceptors (Lipinski definition) is 2. The molecule has 1 aliphatic heterocycles. The van der Waals surface area contributed by atoms with E-state index in [1.54, 1.807) is 0 Å². The van der Waals surface area contributed by atoms with Crippen LogP contribution >= 0.6 is 0 Å². The van der Waals surface area contributed by atoms with Crippen LogP contribution in [0.25, 0.3) is 0 Å². The van der Waals surface area contributed by atoms with Crippen molar-refractivity contribution in [3.63, 3.8) is 0 Å². The summed E-state index contributed by atoms with van der Waals surface area (Å²) in [6.45, 7) is 8.63. The van der Waals surface area contributed by atoms with Crippen LogP contribution in [0.15, 0.2) is 0 Å². The van der Waals surface area contributed by atoms with E-state index in [4.69, 9.17) is 0 Å². The Morgan fingerprint density at radius 3 is 2.35 bits per heavy atom. The summed E-state index contributed by atoms with van der Waals surface area (Å²) in [4.78, 5) is 23.9. The minimum Gasteiger partial charge on any atom is -0.296 e. The second-order valence-electron chi connectivity index (χ2n) is 6.70. The first-order valence-electron chi connectivity index (χ1n) is 6.64. The summed E-state index contributed by atoms with van der Waals surface area (Å²) in [5.74, 6) is 0.145. The molecule has 2 atom stereocenters. The molecule has 1 saturated heterocycles. The molecule has 2 aliphatic rings. The molecule has 17 heavy (non-hydrogen) atoms. The van der Waals surface area contributed by atoms with Crippen molar-refractivity contribution in [1.29, 1.82) is 0 Å². The van der Waals surface area contributed by atoms with Crippen molar-refractivity contribution in [3.8, 4) is 0 Å². The van der Waals surface area contributed by atoms with Crippen molar-refractivity contribution in [2.75, 3.05) is 0 Å². The molecule has 1 aliphatic carbocycles. The molecule has 96 valence electrons. The number of nitrogens with one attached hydrogen (secondary N) is 1. The Bertz CT molecular complexity index is 359. The van der Waals surface area contributed by atoms with Crippen LogP contribution in [0, 0.1) is 22.7 Å². The molecular weight excluding hydrogens is 214 g/mol. The SMILES string of the molecule is CC(C)C1C(=O)NC(=O)CC12CCCC2(C)C. The number of rotatable bonds is 1. The van der Waals surface area contributed by atoms with Gasteiger partial charge in [0.15, 0.2) is 0 Å². The highest BCUT2D eigenvalue weighted by Gasteiger charge is 2.59. The Balaban J connectivity index is 2.46. The number of piperidine rings is 1. The van der Waals surface area contributed by atoms with Gasteiger partial charge in [-0.25, -0.2) is 0 Å². The van der Waals surface area contributed by atoms with Gasteiger partial charge in [0, 0.05) is 12.3 Å². The van der Waals surface area contributed by atoms with Crippen molar-refractivity contribution in [2.24, 2.45) is 22.7 Å². The van der Waals surface area contributed by atoms with Gasteiger partial charge in [0.25, 0.3) is 0 Å². The normalized spacial score (nSPS) is 36.6. The van der Waals surface area contributed by atoms with E-state index in [0.29, 0.717) is 12.3 Å². The highest BCUT2D eigenvalue weighted by atomic mass is 16.2. The first-order chi connectivity index (χ1) is 7.80. The quantitative estimate of drug-likeness (QED) is 0.712. The van der Waals surface area contributed by atoms with E-state index >= 15 is 0 Å². The average Bonchev–Trinajstić information content (AvgIpc) is 2.39. The molecule has 1 N–H and O–H groups in total. The van der Waals surface area contributed by atoms with E-state index in [1.807, 2.05) is 0 Å². The van der Waals surface area contributed by atoms with Gasteiger partial charge in [-0.1, -0.05) is 34.1 Å². The van der Waals surface area contributed by atoms with Gasteiger partial charge < -0.3 is 0 Å². The summed E-state index contributed by atoms with van der Waals surface area (Å²) in [5, 5.41) is 2.52. The third-order valence-corrected chi connectivity index (χ3v) is 5.06. The molecule has 1 saturated carbocycles. The van der Waals surface area contributed by atoms with Gasteiger partial charge in [-0.3, -0.25) is 14.9 Å². The van der Waals surface area contributed by atoms with Gasteiger partial charge in [0.05, 0.1) is 0 Å². The fourth-order valence-electron chi connectivity index (χ4n) is 4.18. The number of imide groups is 1. The summed E-state index contributed by atoms with van der Waals surface area (Å²) >= 11 is 0. The van der Waals surface area contributed by atoms with E-state index in [0.717, 1.165) is 19.3 Å². The number of carbonyl (C=O) groups is 2. The van der Waals surface area contributed by atoms with Crippen LogP contribution in [0.5, 0.6) is 0 Å². The zero-order valence-corrected chi connectivity index (χ0v) is 11.3. The smallest absolute Gasteiger partial charge is 0.230 e. The van der Waals surface area contributed by atoms with Crippen LogP contribution in [-0.2, 0) is 9.59 Å². The summed E-state index contributed by atoms with van der Waals surface area (Å²) < 4.78 is 0. The number of carbonyl (C=O) groups excluding carboxylic acids is 2. The van der Waals surface area contributed by atoms with Crippen molar-refractivity contribution in [3.05, 3.63) is 0 Å². The van der Waals surface area contributed by atoms with E-state index in [1.165, 1.54) is 0 Å². The molecule has 0 radical (unpaired) electrons. The molecule has 3 heteroatoms. The summed E-state index contributed by atoms with van der Waals surface area (Å²) in [7, 11) is 0. The monoisotopic (exact) mass is 237 g/mol. The van der Waals surface area contributed by atoms with Crippen LogP contribution in [0.2, 0.25) is 0 Å². The maximum atomic E-state index is 12.2. The third-order valence-electron chi connectivity index (χ3n) is 5.06. The number of hydrogen-bond donors (Lipinski definition) is 1. The lowest BCUT2D eigenvalue weighted by Crippen LogP contribution is -2.57. The zero-order chi connectivity index (χ0) is 12.8. The molecule has 0 bridgehead atoms. The van der Waals surface area contributed by atoms with Gasteiger partial charge in [-0.2, -0.15) is 0 Å². The fourth-order valence-corrected chi connectivity index (χ4v) is 4.18. The lowest BCUT2D eigenvalue weighted by molar-refractivity contribution is -0.151. The molecule has 0 aromatic rings. The first kappa shape index (κ1) is 12.6. The minimum absolute atomic E-state index is 0.0160. The van der Waals surface area contributed by atoms with Crippen LogP contribution < -0.4 is 5.32 Å². The van der Waals surface area contributed by atoms with Gasteiger partial charge >= 0.3 is 0 Å². The van der Waals surface area contributed by atoms with E-state index in [9.17, 15) is 9.59 Å². The Labute approximate surface area is 103 Å². The van der Waals surface area contributed by atoms with Crippen molar-refractivity contribution in [2.45, 2.75) is 53.4 Å². The van der Waals surface area contributed by atoms with E-state index < -0.39 is 0 Å². The van der Waals surface area contributed by atoms with Gasteiger partial charge in [-0.15, -0.1) is 0 Å². The third kappa shape index (κ3) is 1.71. The molecule has 2 fully saturated rings. The molecular formula is C14H23NO2. The molecule has 2 amide bonds. The first-order valence-corrected chi connectivity index (χ1v) is 6.64. The Morgan fingerprint density at radius 2 is 1.88 bits per heavy atom. The van der Waals surface area contributed by atoms with Crippen LogP contribution in [0.4, 0.5) is 0 Å². The summed E-state index contributed by atoms with van der Waals surface area (Å²) in [6.07, 6.45) is 3.80. The standard InChI is InChI=1S/C14H23NO2/c1-9(2)11-12(17)15-10(16)8-14(11)7-5-6-13(14,3)4/h9,11H,5-8H2,1-4H3,(H,15,16,17). The lowest BCUT2D eigenvalue weighted by Gasteiger charge is -2.50. The van der Waals surface area contributed by atoms with Crippen molar-refractivity contribution in [1.82, 2.24) is 5.32 Å². The molecule has 2 rings (SSSR count). The van der Waals surface area contributed by atoms with Gasteiger partial charge in [0.1, 0.15) is 0 Å². The van der Waals surface area contributed by atoms with Gasteiger partial charge in [0.2, 0.25) is 11.8 Å². The second kappa shape index (κ2) is 3.82. The van der Waals surface area contributed by atoms with Crippen molar-refractivity contribution >= 4 is 11.8 Å². The highest BCUT2D eigenvalue weighted by Crippen LogP contribution is 2.61. The molecule has 1 spiro atoms. The van der Waals surface area contributed by atoms with Crippen LogP contribution in [0.1, 0.15) is 53.4 Å². The van der Waals surface area contributed by atoms with E-state index in [2.05, 4.69) is 33.0 Å². The van der Waals surface area contributed by atoms with Gasteiger partial charge in [-0.05, 0) is 29.6 Å². The topological polar surface area (TPSA) is 46.2 Å². The van der Waals surface area contributed by atoms with Crippen LogP contribution in [0.3, 0.4) is 0 Å². The molecule has 0 aromatic carbocycles. The van der Waals surface area contributed by atoms with E-state index in [-0.39, 0.29) is 28.6 Å². The Hall–Kier alpha value is -0.860. The number of amides is 2. The van der Waals surface area contributed by atoms with Crippen LogP contribution in [-0.4, -0.2) is 11.8 Å². The molecule has 1 heterocycles. The maximum Gasteiger partial charge on any atom is 0.230 e. The maximum absolute atomic E-state index is 12.2. The zero-order valence-electron chi connectivity index (χ0n) is 11.3. The predicted molar refractivity (Wildman–Crippen MR) is 66.2 cm³/mol.